The third kappa shape index (κ3) is 1.48. The summed E-state index contributed by atoms with van der Waals surface area (Å²) in [6.45, 7) is 0.423. The second kappa shape index (κ2) is 2.86. The first-order valence-electron chi connectivity index (χ1n) is 3.44. The maximum absolute atomic E-state index is 9.51. The van der Waals surface area contributed by atoms with Gasteiger partial charge in [-0.1, -0.05) is 0 Å². The standard InChI is InChI=1S/C7H14O3/c1-9-5-7(8)3-6(4-7)10-2/h6,8H,3-5H2,1-2H3. The van der Waals surface area contributed by atoms with Gasteiger partial charge in [0, 0.05) is 27.1 Å². The predicted molar refractivity (Wildman–Crippen MR) is 36.9 cm³/mol. The molecule has 0 aliphatic heterocycles. The SMILES string of the molecule is COCC1(O)CC(OC)C1. The molecule has 60 valence electrons. The first-order chi connectivity index (χ1) is 4.70. The van der Waals surface area contributed by atoms with E-state index in [1.165, 1.54) is 0 Å². The maximum Gasteiger partial charge on any atom is 0.0929 e. The van der Waals surface area contributed by atoms with Crippen molar-refractivity contribution in [2.75, 3.05) is 20.8 Å². The highest BCUT2D eigenvalue weighted by atomic mass is 16.5. The Kier molecular flexibility index (Phi) is 2.28. The maximum atomic E-state index is 9.51. The molecule has 3 heteroatoms. The van der Waals surface area contributed by atoms with Gasteiger partial charge in [-0.2, -0.15) is 0 Å². The quantitative estimate of drug-likeness (QED) is 0.617. The summed E-state index contributed by atoms with van der Waals surface area (Å²) < 4.78 is 9.85. The molecule has 0 heterocycles. The molecule has 0 radical (unpaired) electrons. The molecule has 0 aromatic heterocycles. The molecule has 1 N–H and O–H groups in total. The molecule has 0 bridgehead atoms. The lowest BCUT2D eigenvalue weighted by Gasteiger charge is -2.41. The van der Waals surface area contributed by atoms with Crippen LogP contribution < -0.4 is 0 Å². The number of hydrogen-bond acceptors (Lipinski definition) is 3. The topological polar surface area (TPSA) is 38.7 Å². The fourth-order valence-corrected chi connectivity index (χ4v) is 1.34. The van der Waals surface area contributed by atoms with Gasteiger partial charge >= 0.3 is 0 Å². The summed E-state index contributed by atoms with van der Waals surface area (Å²) in [7, 11) is 3.26. The molecule has 0 unspecified atom stereocenters. The zero-order valence-corrected chi connectivity index (χ0v) is 6.46. The van der Waals surface area contributed by atoms with Crippen LogP contribution in [0.15, 0.2) is 0 Å². The van der Waals surface area contributed by atoms with E-state index in [1.54, 1.807) is 14.2 Å². The molecule has 1 saturated carbocycles. The highest BCUT2D eigenvalue weighted by Gasteiger charge is 2.42. The molecule has 1 fully saturated rings. The molecule has 3 nitrogen and oxygen atoms in total. The van der Waals surface area contributed by atoms with Gasteiger partial charge in [-0.05, 0) is 0 Å². The number of aliphatic hydroxyl groups is 1. The highest BCUT2D eigenvalue weighted by Crippen LogP contribution is 2.33. The van der Waals surface area contributed by atoms with Crippen LogP contribution >= 0.6 is 0 Å². The lowest BCUT2D eigenvalue weighted by molar-refractivity contribution is -0.154. The van der Waals surface area contributed by atoms with Gasteiger partial charge < -0.3 is 14.6 Å². The summed E-state index contributed by atoms with van der Waals surface area (Å²) in [5.74, 6) is 0. The van der Waals surface area contributed by atoms with E-state index in [2.05, 4.69) is 0 Å². The second-order valence-electron chi connectivity index (χ2n) is 2.92. The van der Waals surface area contributed by atoms with Gasteiger partial charge in [-0.15, -0.1) is 0 Å². The average molecular weight is 146 g/mol. The van der Waals surface area contributed by atoms with E-state index in [-0.39, 0.29) is 6.10 Å². The van der Waals surface area contributed by atoms with Crippen LogP contribution in [0.5, 0.6) is 0 Å². The van der Waals surface area contributed by atoms with Crippen molar-refractivity contribution in [3.05, 3.63) is 0 Å². The van der Waals surface area contributed by atoms with E-state index in [1.807, 2.05) is 0 Å². The molecule has 1 aliphatic rings. The Bertz CT molecular complexity index is 107. The van der Waals surface area contributed by atoms with Crippen molar-refractivity contribution < 1.29 is 14.6 Å². The van der Waals surface area contributed by atoms with Crippen LogP contribution in [0.1, 0.15) is 12.8 Å². The summed E-state index contributed by atoms with van der Waals surface area (Å²) in [6, 6.07) is 0. The lowest BCUT2D eigenvalue weighted by atomic mass is 9.78. The van der Waals surface area contributed by atoms with Gasteiger partial charge in [0.05, 0.1) is 18.3 Å². The smallest absolute Gasteiger partial charge is 0.0929 e. The average Bonchev–Trinajstić information content (AvgIpc) is 1.83. The molecule has 0 aromatic rings. The summed E-state index contributed by atoms with van der Waals surface area (Å²) in [6.07, 6.45) is 1.65. The lowest BCUT2D eigenvalue weighted by Crippen LogP contribution is -2.51. The number of methoxy groups -OCH3 is 2. The van der Waals surface area contributed by atoms with Crippen LogP contribution in [-0.2, 0) is 9.47 Å². The fourth-order valence-electron chi connectivity index (χ4n) is 1.34. The van der Waals surface area contributed by atoms with Gasteiger partial charge in [-0.3, -0.25) is 0 Å². The van der Waals surface area contributed by atoms with Gasteiger partial charge in [0.1, 0.15) is 0 Å². The molecule has 0 saturated heterocycles. The summed E-state index contributed by atoms with van der Waals surface area (Å²) in [4.78, 5) is 0. The van der Waals surface area contributed by atoms with E-state index < -0.39 is 5.60 Å². The van der Waals surface area contributed by atoms with Gasteiger partial charge in [-0.25, -0.2) is 0 Å². The van der Waals surface area contributed by atoms with E-state index >= 15 is 0 Å². The Morgan fingerprint density at radius 1 is 1.50 bits per heavy atom. The molecule has 0 aromatic carbocycles. The Labute approximate surface area is 60.9 Å². The molecule has 1 rings (SSSR count). The van der Waals surface area contributed by atoms with Crippen LogP contribution in [0.3, 0.4) is 0 Å². The monoisotopic (exact) mass is 146 g/mol. The molecular weight excluding hydrogens is 132 g/mol. The Hall–Kier alpha value is -0.120. The third-order valence-electron chi connectivity index (χ3n) is 1.96. The van der Waals surface area contributed by atoms with Gasteiger partial charge in [0.2, 0.25) is 0 Å². The van der Waals surface area contributed by atoms with Crippen molar-refractivity contribution in [1.82, 2.24) is 0 Å². The molecule has 0 spiro atoms. The normalized spacial score (nSPS) is 39.3. The molecule has 0 amide bonds. The molecule has 10 heavy (non-hydrogen) atoms. The second-order valence-corrected chi connectivity index (χ2v) is 2.92. The minimum absolute atomic E-state index is 0.236. The largest absolute Gasteiger partial charge is 0.387 e. The summed E-state index contributed by atoms with van der Waals surface area (Å²) in [5.41, 5.74) is -0.602. The summed E-state index contributed by atoms with van der Waals surface area (Å²) >= 11 is 0. The fraction of sp³-hybridized carbons (Fsp3) is 1.00. The zero-order valence-electron chi connectivity index (χ0n) is 6.46. The van der Waals surface area contributed by atoms with E-state index in [0.29, 0.717) is 19.4 Å². The minimum atomic E-state index is -0.602. The van der Waals surface area contributed by atoms with Crippen LogP contribution in [0, 0.1) is 0 Å². The van der Waals surface area contributed by atoms with Gasteiger partial charge in [0.25, 0.3) is 0 Å². The van der Waals surface area contributed by atoms with Crippen molar-refractivity contribution >= 4 is 0 Å². The predicted octanol–water partition coefficient (Wildman–Crippen LogP) is 0.173. The van der Waals surface area contributed by atoms with Crippen LogP contribution in [-0.4, -0.2) is 37.6 Å². The Morgan fingerprint density at radius 3 is 2.50 bits per heavy atom. The molecular formula is C7H14O3. The van der Waals surface area contributed by atoms with Crippen molar-refractivity contribution in [3.63, 3.8) is 0 Å². The Balaban J connectivity index is 2.20. The van der Waals surface area contributed by atoms with Crippen molar-refractivity contribution in [2.45, 2.75) is 24.5 Å². The number of hydrogen-bond donors (Lipinski definition) is 1. The highest BCUT2D eigenvalue weighted by molar-refractivity contribution is 4.94. The minimum Gasteiger partial charge on any atom is -0.387 e. The van der Waals surface area contributed by atoms with Crippen molar-refractivity contribution in [1.29, 1.82) is 0 Å². The van der Waals surface area contributed by atoms with Gasteiger partial charge in [0.15, 0.2) is 0 Å². The molecule has 1 aliphatic carbocycles. The van der Waals surface area contributed by atoms with E-state index in [9.17, 15) is 5.11 Å². The zero-order chi connectivity index (χ0) is 7.61. The van der Waals surface area contributed by atoms with E-state index in [0.717, 1.165) is 0 Å². The number of ether oxygens (including phenoxy) is 2. The van der Waals surface area contributed by atoms with Crippen LogP contribution in [0.25, 0.3) is 0 Å². The van der Waals surface area contributed by atoms with Crippen LogP contribution in [0.2, 0.25) is 0 Å². The van der Waals surface area contributed by atoms with Crippen molar-refractivity contribution in [2.24, 2.45) is 0 Å². The van der Waals surface area contributed by atoms with Crippen molar-refractivity contribution in [3.8, 4) is 0 Å². The molecule has 0 atom stereocenters. The number of rotatable bonds is 3. The van der Waals surface area contributed by atoms with E-state index in [4.69, 9.17) is 9.47 Å². The van der Waals surface area contributed by atoms with Crippen LogP contribution in [0.4, 0.5) is 0 Å². The third-order valence-corrected chi connectivity index (χ3v) is 1.96. The first kappa shape index (κ1) is 7.98. The first-order valence-corrected chi connectivity index (χ1v) is 3.44. The Morgan fingerprint density at radius 2 is 2.10 bits per heavy atom. The summed E-state index contributed by atoms with van der Waals surface area (Å²) in [5, 5.41) is 9.51.